The van der Waals surface area contributed by atoms with Gasteiger partial charge in [0.15, 0.2) is 11.6 Å². The molecule has 0 aliphatic heterocycles. The number of hydrogen-bond acceptors (Lipinski definition) is 6. The van der Waals surface area contributed by atoms with Gasteiger partial charge in [0.25, 0.3) is 0 Å². The van der Waals surface area contributed by atoms with E-state index in [4.69, 9.17) is 0 Å². The second-order valence-electron chi connectivity index (χ2n) is 10.3. The first-order valence-electron chi connectivity index (χ1n) is 10.5. The third-order valence-corrected chi connectivity index (χ3v) is 9.18. The highest BCUT2D eigenvalue weighted by atomic mass is 19.1. The van der Waals surface area contributed by atoms with Crippen molar-refractivity contribution in [3.63, 3.8) is 0 Å². The lowest BCUT2D eigenvalue weighted by Crippen LogP contribution is -2.70. The number of halogens is 1. The molecular formula is C22H31FO6. The number of rotatable bonds is 2. The number of aliphatic hydroxyl groups excluding tert-OH is 2. The number of fused-ring (bicyclic) bond motifs is 5. The molecule has 4 aliphatic carbocycles. The monoisotopic (exact) mass is 410 g/mol. The fourth-order valence-corrected chi connectivity index (χ4v) is 7.73. The van der Waals surface area contributed by atoms with E-state index in [1.54, 1.807) is 13.8 Å². The molecule has 29 heavy (non-hydrogen) atoms. The molecule has 9 atom stereocenters. The molecule has 0 bridgehead atoms. The van der Waals surface area contributed by atoms with Crippen molar-refractivity contribution in [2.75, 3.05) is 6.61 Å². The summed E-state index contributed by atoms with van der Waals surface area (Å²) in [4.78, 5) is 24.5. The summed E-state index contributed by atoms with van der Waals surface area (Å²) in [6.07, 6.45) is -0.397. The summed E-state index contributed by atoms with van der Waals surface area (Å²) < 4.78 is 15.3. The molecule has 7 heteroatoms. The summed E-state index contributed by atoms with van der Waals surface area (Å²) in [5, 5.41) is 44.1. The van der Waals surface area contributed by atoms with Gasteiger partial charge in [-0.2, -0.15) is 0 Å². The standard InChI is InChI=1S/C22H31FO6/c1-11-8-21(28)14-7-15(23)13-6-12(25)4-5-19(13,2)18(14)16(26)9-20(21,3)22(11,29)17(27)10-24/h6,11,14-16,18,24,26,28-29H,4-5,7-10H2,1-3H3. The second-order valence-corrected chi connectivity index (χ2v) is 10.3. The van der Waals surface area contributed by atoms with Crippen molar-refractivity contribution >= 4 is 11.6 Å². The van der Waals surface area contributed by atoms with E-state index >= 15 is 4.39 Å². The lowest BCUT2D eigenvalue weighted by atomic mass is 9.43. The number of Topliss-reactive ketones (excluding diaryl/α,β-unsaturated/α-hetero) is 1. The first-order chi connectivity index (χ1) is 13.4. The molecule has 4 rings (SSSR count). The number of ketones is 2. The zero-order valence-corrected chi connectivity index (χ0v) is 17.2. The molecule has 0 aromatic carbocycles. The molecule has 0 aromatic rings. The van der Waals surface area contributed by atoms with Crippen molar-refractivity contribution in [2.45, 2.75) is 76.4 Å². The Morgan fingerprint density at radius 3 is 2.55 bits per heavy atom. The Balaban J connectivity index is 1.86. The van der Waals surface area contributed by atoms with Gasteiger partial charge in [-0.3, -0.25) is 9.59 Å². The van der Waals surface area contributed by atoms with Crippen molar-refractivity contribution < 1.29 is 34.4 Å². The van der Waals surface area contributed by atoms with E-state index in [-0.39, 0.29) is 31.5 Å². The summed E-state index contributed by atoms with van der Waals surface area (Å²) in [6, 6.07) is 0. The highest BCUT2D eigenvalue weighted by Crippen LogP contribution is 2.70. The Kier molecular flexibility index (Phi) is 4.50. The Labute approximate surface area is 169 Å². The van der Waals surface area contributed by atoms with Crippen LogP contribution in [0.15, 0.2) is 11.6 Å². The summed E-state index contributed by atoms with van der Waals surface area (Å²) in [5.41, 5.74) is -5.36. The Bertz CT molecular complexity index is 796. The largest absolute Gasteiger partial charge is 0.393 e. The van der Waals surface area contributed by atoms with Gasteiger partial charge in [0.05, 0.1) is 11.7 Å². The molecule has 6 nitrogen and oxygen atoms in total. The number of allylic oxidation sites excluding steroid dienone is 1. The van der Waals surface area contributed by atoms with Gasteiger partial charge in [-0.05, 0) is 60.5 Å². The number of alkyl halides is 1. The van der Waals surface area contributed by atoms with Gasteiger partial charge in [0.1, 0.15) is 18.4 Å². The molecule has 0 heterocycles. The fourth-order valence-electron chi connectivity index (χ4n) is 7.73. The molecule has 4 N–H and O–H groups in total. The first-order valence-corrected chi connectivity index (χ1v) is 10.5. The van der Waals surface area contributed by atoms with Crippen molar-refractivity contribution in [3.8, 4) is 0 Å². The summed E-state index contributed by atoms with van der Waals surface area (Å²) in [5.74, 6) is -2.71. The van der Waals surface area contributed by atoms with Crippen LogP contribution < -0.4 is 0 Å². The van der Waals surface area contributed by atoms with Crippen LogP contribution in [0.5, 0.6) is 0 Å². The van der Waals surface area contributed by atoms with E-state index in [0.29, 0.717) is 12.0 Å². The minimum absolute atomic E-state index is 0.0367. The van der Waals surface area contributed by atoms with Crippen LogP contribution in [0.3, 0.4) is 0 Å². The van der Waals surface area contributed by atoms with Crippen LogP contribution in [-0.2, 0) is 9.59 Å². The van der Waals surface area contributed by atoms with Gasteiger partial charge < -0.3 is 20.4 Å². The summed E-state index contributed by atoms with van der Waals surface area (Å²) in [7, 11) is 0. The number of carbonyl (C=O) groups excluding carboxylic acids is 2. The van der Waals surface area contributed by atoms with Crippen molar-refractivity contribution in [1.29, 1.82) is 0 Å². The molecule has 0 aromatic heterocycles. The van der Waals surface area contributed by atoms with Gasteiger partial charge >= 0.3 is 0 Å². The maximum atomic E-state index is 15.3. The van der Waals surface area contributed by atoms with Gasteiger partial charge in [0.2, 0.25) is 0 Å². The van der Waals surface area contributed by atoms with E-state index in [1.807, 2.05) is 6.92 Å². The lowest BCUT2D eigenvalue weighted by Gasteiger charge is -2.63. The Morgan fingerprint density at radius 2 is 1.93 bits per heavy atom. The van der Waals surface area contributed by atoms with Gasteiger partial charge in [-0.15, -0.1) is 0 Å². The quantitative estimate of drug-likeness (QED) is 0.542. The van der Waals surface area contributed by atoms with Crippen LogP contribution >= 0.6 is 0 Å². The smallest absolute Gasteiger partial charge is 0.190 e. The van der Waals surface area contributed by atoms with Gasteiger partial charge in [-0.1, -0.05) is 20.8 Å². The molecule has 9 unspecified atom stereocenters. The normalized spacial score (nSPS) is 54.3. The van der Waals surface area contributed by atoms with Crippen LogP contribution in [0.1, 0.15) is 52.9 Å². The molecule has 0 amide bonds. The Morgan fingerprint density at radius 1 is 1.28 bits per heavy atom. The molecule has 3 saturated carbocycles. The van der Waals surface area contributed by atoms with E-state index in [0.717, 1.165) is 0 Å². The summed E-state index contributed by atoms with van der Waals surface area (Å²) in [6.45, 7) is 4.22. The third kappa shape index (κ3) is 2.30. The first kappa shape index (κ1) is 21.1. The molecule has 3 fully saturated rings. The highest BCUT2D eigenvalue weighted by Gasteiger charge is 2.77. The maximum Gasteiger partial charge on any atom is 0.190 e. The highest BCUT2D eigenvalue weighted by molar-refractivity contribution is 5.92. The van der Waals surface area contributed by atoms with Crippen LogP contribution in [0.25, 0.3) is 0 Å². The van der Waals surface area contributed by atoms with Crippen LogP contribution in [0, 0.1) is 28.6 Å². The topological polar surface area (TPSA) is 115 Å². The van der Waals surface area contributed by atoms with Gasteiger partial charge in [-0.25, -0.2) is 4.39 Å². The minimum atomic E-state index is -2.01. The molecule has 0 spiro atoms. The summed E-state index contributed by atoms with van der Waals surface area (Å²) >= 11 is 0. The second kappa shape index (κ2) is 6.19. The van der Waals surface area contributed by atoms with E-state index in [9.17, 15) is 30.0 Å². The average molecular weight is 410 g/mol. The molecule has 0 radical (unpaired) electrons. The van der Waals surface area contributed by atoms with Crippen LogP contribution in [0.4, 0.5) is 4.39 Å². The molecule has 162 valence electrons. The van der Waals surface area contributed by atoms with E-state index < -0.39 is 64.5 Å². The van der Waals surface area contributed by atoms with Gasteiger partial charge in [0, 0.05) is 11.8 Å². The van der Waals surface area contributed by atoms with Crippen molar-refractivity contribution in [1.82, 2.24) is 0 Å². The zero-order valence-electron chi connectivity index (χ0n) is 17.2. The number of hydrogen-bond donors (Lipinski definition) is 4. The van der Waals surface area contributed by atoms with Crippen molar-refractivity contribution in [2.24, 2.45) is 28.6 Å². The number of aliphatic hydroxyl groups is 4. The number of carbonyl (C=O) groups is 2. The molecular weight excluding hydrogens is 379 g/mol. The SMILES string of the molecule is CC1CC2(O)C3CC(F)C4=CC(=O)CCC4(C)C3C(O)CC2(C)C1(O)C(=O)CO. The predicted molar refractivity (Wildman–Crippen MR) is 101 cm³/mol. The minimum Gasteiger partial charge on any atom is -0.393 e. The van der Waals surface area contributed by atoms with E-state index in [2.05, 4.69) is 0 Å². The Hall–Kier alpha value is -1.15. The zero-order chi connectivity index (χ0) is 21.6. The molecule has 4 aliphatic rings. The van der Waals surface area contributed by atoms with Crippen LogP contribution in [-0.4, -0.2) is 62.1 Å². The maximum absolute atomic E-state index is 15.3. The third-order valence-electron chi connectivity index (χ3n) is 9.18. The predicted octanol–water partition coefficient (Wildman–Crippen LogP) is 1.09. The van der Waals surface area contributed by atoms with Crippen LogP contribution in [0.2, 0.25) is 0 Å². The molecule has 0 saturated heterocycles. The lowest BCUT2D eigenvalue weighted by molar-refractivity contribution is -0.248. The fraction of sp³-hybridized carbons (Fsp3) is 0.818. The average Bonchev–Trinajstić information content (AvgIpc) is 2.81. The van der Waals surface area contributed by atoms with E-state index in [1.165, 1.54) is 6.08 Å². The van der Waals surface area contributed by atoms with Crippen molar-refractivity contribution in [3.05, 3.63) is 11.6 Å².